The van der Waals surface area contributed by atoms with Gasteiger partial charge in [0.15, 0.2) is 0 Å². The first kappa shape index (κ1) is 21.4. The molecule has 1 N–H and O–H groups in total. The molecule has 144 valence electrons. The molecule has 0 aliphatic carbocycles. The number of esters is 2. The zero-order valence-corrected chi connectivity index (χ0v) is 17.9. The predicted octanol–water partition coefficient (Wildman–Crippen LogP) is 3.72. The van der Waals surface area contributed by atoms with Crippen LogP contribution in [0.4, 0.5) is 5.13 Å². The molecule has 7 nitrogen and oxygen atoms in total. The van der Waals surface area contributed by atoms with Gasteiger partial charge in [-0.1, -0.05) is 22.0 Å². The van der Waals surface area contributed by atoms with Crippen LogP contribution in [-0.2, 0) is 25.5 Å². The number of thioether (sulfide) groups is 1. The first-order valence-electron chi connectivity index (χ1n) is 7.90. The fraction of sp³-hybridized carbons (Fsp3) is 0.294. The molecule has 0 unspecified atom stereocenters. The summed E-state index contributed by atoms with van der Waals surface area (Å²) < 4.78 is 10.5. The van der Waals surface area contributed by atoms with Gasteiger partial charge in [-0.25, -0.2) is 4.98 Å². The molecule has 10 heteroatoms. The summed E-state index contributed by atoms with van der Waals surface area (Å²) in [5.74, 6) is -0.386. The molecule has 0 spiro atoms. The monoisotopic (exact) mass is 471 g/mol. The van der Waals surface area contributed by atoms with E-state index in [1.807, 2.05) is 18.2 Å². The third-order valence-electron chi connectivity index (χ3n) is 3.10. The van der Waals surface area contributed by atoms with Crippen LogP contribution in [0.5, 0.6) is 0 Å². The summed E-state index contributed by atoms with van der Waals surface area (Å²) in [6.07, 6.45) is 1.79. The van der Waals surface area contributed by atoms with Crippen molar-refractivity contribution in [2.45, 2.75) is 18.2 Å². The summed E-state index contributed by atoms with van der Waals surface area (Å²) in [4.78, 5) is 28.0. The Morgan fingerprint density at radius 2 is 2.22 bits per heavy atom. The minimum Gasteiger partial charge on any atom is -0.468 e. The van der Waals surface area contributed by atoms with Gasteiger partial charge in [-0.3, -0.25) is 15.0 Å². The van der Waals surface area contributed by atoms with Crippen LogP contribution < -0.4 is 5.43 Å². The van der Waals surface area contributed by atoms with Gasteiger partial charge in [-0.05, 0) is 19.1 Å². The maximum Gasteiger partial charge on any atom is 0.315 e. The third-order valence-corrected chi connectivity index (χ3v) is 5.43. The number of aromatic nitrogens is 1. The maximum absolute atomic E-state index is 11.5. The minimum atomic E-state index is -0.306. The lowest BCUT2D eigenvalue weighted by molar-refractivity contribution is -0.142. The van der Waals surface area contributed by atoms with E-state index in [-0.39, 0.29) is 24.1 Å². The van der Waals surface area contributed by atoms with Crippen LogP contribution in [0.1, 0.15) is 18.2 Å². The average Bonchev–Trinajstić information content (AvgIpc) is 3.08. The highest BCUT2D eigenvalue weighted by Crippen LogP contribution is 2.26. The quantitative estimate of drug-likeness (QED) is 0.258. The van der Waals surface area contributed by atoms with Crippen molar-refractivity contribution in [3.05, 3.63) is 39.3 Å². The lowest BCUT2D eigenvalue weighted by Gasteiger charge is -2.05. The number of benzene rings is 1. The number of rotatable bonds is 9. The van der Waals surface area contributed by atoms with Gasteiger partial charge in [0.1, 0.15) is 0 Å². The first-order valence-corrected chi connectivity index (χ1v) is 10.6. The molecule has 0 bridgehead atoms. The van der Waals surface area contributed by atoms with Crippen LogP contribution in [0.2, 0.25) is 0 Å². The van der Waals surface area contributed by atoms with E-state index in [9.17, 15) is 9.59 Å². The van der Waals surface area contributed by atoms with E-state index in [0.717, 1.165) is 14.9 Å². The molecule has 1 aromatic heterocycles. The van der Waals surface area contributed by atoms with Gasteiger partial charge in [-0.15, -0.1) is 23.1 Å². The smallest absolute Gasteiger partial charge is 0.315 e. The normalized spacial score (nSPS) is 10.8. The summed E-state index contributed by atoms with van der Waals surface area (Å²) in [6.45, 7) is 2.11. The summed E-state index contributed by atoms with van der Waals surface area (Å²) in [6, 6.07) is 5.70. The van der Waals surface area contributed by atoms with E-state index >= 15 is 0 Å². The number of hydrogen-bond donors (Lipinski definition) is 1. The number of carbonyl (C=O) groups is 2. The van der Waals surface area contributed by atoms with Crippen LogP contribution >= 0.6 is 39.0 Å². The van der Waals surface area contributed by atoms with Crippen molar-refractivity contribution in [3.8, 4) is 0 Å². The molecule has 27 heavy (non-hydrogen) atoms. The SMILES string of the molecule is CCOC(=O)Cc1csc(NN=Cc2ccc(Br)cc2SCC(=O)OC)n1. The van der Waals surface area contributed by atoms with Crippen molar-refractivity contribution in [2.24, 2.45) is 5.10 Å². The molecular formula is C17H18BrN3O4S2. The largest absolute Gasteiger partial charge is 0.468 e. The zero-order valence-electron chi connectivity index (χ0n) is 14.7. The molecule has 0 saturated heterocycles. The lowest BCUT2D eigenvalue weighted by Crippen LogP contribution is -2.07. The van der Waals surface area contributed by atoms with Crippen molar-refractivity contribution in [1.29, 1.82) is 0 Å². The van der Waals surface area contributed by atoms with E-state index in [4.69, 9.17) is 4.74 Å². The van der Waals surface area contributed by atoms with E-state index < -0.39 is 0 Å². The summed E-state index contributed by atoms with van der Waals surface area (Å²) in [5.41, 5.74) is 4.33. The molecule has 1 aromatic carbocycles. The van der Waals surface area contributed by atoms with E-state index in [0.29, 0.717) is 17.4 Å². The number of halogens is 1. The van der Waals surface area contributed by atoms with Crippen molar-refractivity contribution in [1.82, 2.24) is 4.98 Å². The Balaban J connectivity index is 1.98. The number of hydrazone groups is 1. The first-order chi connectivity index (χ1) is 13.0. The van der Waals surface area contributed by atoms with E-state index in [2.05, 4.69) is 36.2 Å². The highest BCUT2D eigenvalue weighted by molar-refractivity contribution is 9.10. The number of ether oxygens (including phenoxy) is 2. The van der Waals surface area contributed by atoms with Crippen molar-refractivity contribution >= 4 is 62.3 Å². The maximum atomic E-state index is 11.5. The Hall–Kier alpha value is -1.91. The molecule has 2 rings (SSSR count). The van der Waals surface area contributed by atoms with Crippen molar-refractivity contribution < 1.29 is 19.1 Å². The standard InChI is InChI=1S/C17H18BrN3O4S2/c1-3-25-15(22)7-13-9-27-17(20-13)21-19-8-11-4-5-12(18)6-14(11)26-10-16(23)24-2/h4-6,8-9H,3,7,10H2,1-2H3,(H,20,21). The Bertz CT molecular complexity index is 826. The Morgan fingerprint density at radius 1 is 1.41 bits per heavy atom. The van der Waals surface area contributed by atoms with Gasteiger partial charge in [0, 0.05) is 20.3 Å². The summed E-state index contributed by atoms with van der Waals surface area (Å²) >= 11 is 6.14. The average molecular weight is 472 g/mol. The Morgan fingerprint density at radius 3 is 2.96 bits per heavy atom. The number of nitrogens with one attached hydrogen (secondary N) is 1. The van der Waals surface area contributed by atoms with Crippen molar-refractivity contribution in [2.75, 3.05) is 24.9 Å². The molecule has 0 radical (unpaired) electrons. The van der Waals surface area contributed by atoms with Crippen LogP contribution in [0, 0.1) is 0 Å². The second kappa shape index (κ2) is 11.1. The number of hydrogen-bond acceptors (Lipinski definition) is 9. The molecule has 0 fully saturated rings. The number of methoxy groups -OCH3 is 1. The Kier molecular flexibility index (Phi) is 8.76. The van der Waals surface area contributed by atoms with Gasteiger partial charge < -0.3 is 9.47 Å². The van der Waals surface area contributed by atoms with Crippen LogP contribution in [0.15, 0.2) is 38.0 Å². The molecule has 0 aliphatic rings. The number of nitrogens with zero attached hydrogens (tertiary/aromatic N) is 2. The van der Waals surface area contributed by atoms with Gasteiger partial charge in [-0.2, -0.15) is 5.10 Å². The molecule has 1 heterocycles. The van der Waals surface area contributed by atoms with Crippen LogP contribution in [0.3, 0.4) is 0 Å². The van der Waals surface area contributed by atoms with E-state index in [1.165, 1.54) is 30.2 Å². The molecular weight excluding hydrogens is 454 g/mol. The minimum absolute atomic E-state index is 0.136. The fourth-order valence-electron chi connectivity index (χ4n) is 1.89. The van der Waals surface area contributed by atoms with Crippen LogP contribution in [0.25, 0.3) is 0 Å². The Labute approximate surface area is 173 Å². The topological polar surface area (TPSA) is 89.9 Å². The lowest BCUT2D eigenvalue weighted by atomic mass is 10.2. The summed E-state index contributed by atoms with van der Waals surface area (Å²) in [5, 5.41) is 6.55. The van der Waals surface area contributed by atoms with Gasteiger partial charge in [0.25, 0.3) is 0 Å². The van der Waals surface area contributed by atoms with Crippen LogP contribution in [-0.4, -0.2) is 42.6 Å². The number of anilines is 1. The molecule has 0 amide bonds. The third kappa shape index (κ3) is 7.31. The fourth-order valence-corrected chi connectivity index (χ4v) is 3.95. The highest BCUT2D eigenvalue weighted by atomic mass is 79.9. The zero-order chi connectivity index (χ0) is 19.6. The molecule has 0 saturated carbocycles. The van der Waals surface area contributed by atoms with E-state index in [1.54, 1.807) is 18.5 Å². The summed E-state index contributed by atoms with van der Waals surface area (Å²) in [7, 11) is 1.36. The molecule has 0 aliphatic heterocycles. The van der Waals surface area contributed by atoms with Gasteiger partial charge in [0.05, 0.1) is 37.8 Å². The second-order valence-corrected chi connectivity index (χ2v) is 7.83. The highest BCUT2D eigenvalue weighted by Gasteiger charge is 2.09. The molecule has 2 aromatic rings. The molecule has 0 atom stereocenters. The van der Waals surface area contributed by atoms with Gasteiger partial charge >= 0.3 is 11.9 Å². The van der Waals surface area contributed by atoms with Gasteiger partial charge in [0.2, 0.25) is 5.13 Å². The predicted molar refractivity (Wildman–Crippen MR) is 111 cm³/mol. The second-order valence-electron chi connectivity index (χ2n) is 5.04. The number of carbonyl (C=O) groups excluding carboxylic acids is 2. The van der Waals surface area contributed by atoms with Crippen molar-refractivity contribution in [3.63, 3.8) is 0 Å². The number of thiazole rings is 1.